The Bertz CT molecular complexity index is 936. The fourth-order valence-corrected chi connectivity index (χ4v) is 2.30. The summed E-state index contributed by atoms with van der Waals surface area (Å²) < 4.78 is 4.67. The van der Waals surface area contributed by atoms with E-state index in [0.29, 0.717) is 28.3 Å². The number of nitrogens with zero attached hydrogens (tertiary/aromatic N) is 2. The molecule has 0 radical (unpaired) electrons. The minimum atomic E-state index is -0.448. The number of non-ortho nitro benzene ring substituents is 1. The van der Waals surface area contributed by atoms with Crippen molar-refractivity contribution in [2.75, 3.05) is 12.4 Å². The molecule has 0 fully saturated rings. The molecule has 0 atom stereocenters. The third-order valence-corrected chi connectivity index (χ3v) is 3.49. The number of ether oxygens (including phenoxy) is 1. The van der Waals surface area contributed by atoms with Gasteiger partial charge in [-0.15, -0.1) is 0 Å². The summed E-state index contributed by atoms with van der Waals surface area (Å²) in [7, 11) is 1.32. The van der Waals surface area contributed by atoms with E-state index in [2.05, 4.69) is 20.0 Å². The number of nitro benzene ring substituents is 1. The van der Waals surface area contributed by atoms with E-state index in [4.69, 9.17) is 0 Å². The van der Waals surface area contributed by atoms with Crippen LogP contribution in [0.2, 0.25) is 0 Å². The summed E-state index contributed by atoms with van der Waals surface area (Å²) in [6.45, 7) is 0. The molecule has 0 unspecified atom stereocenters. The zero-order valence-electron chi connectivity index (χ0n) is 13.2. The lowest BCUT2D eigenvalue weighted by molar-refractivity contribution is -0.384. The van der Waals surface area contributed by atoms with Crippen LogP contribution in [0.1, 0.15) is 10.4 Å². The number of aromatic amines is 1. The number of H-pyrrole nitrogens is 1. The zero-order chi connectivity index (χ0) is 17.8. The number of esters is 1. The van der Waals surface area contributed by atoms with E-state index >= 15 is 0 Å². The van der Waals surface area contributed by atoms with Gasteiger partial charge in [-0.3, -0.25) is 15.1 Å². The van der Waals surface area contributed by atoms with Gasteiger partial charge in [-0.1, -0.05) is 6.07 Å². The predicted molar refractivity (Wildman–Crippen MR) is 91.7 cm³/mol. The topological polar surface area (TPSA) is 110 Å². The highest BCUT2D eigenvalue weighted by molar-refractivity contribution is 5.90. The molecule has 126 valence electrons. The quantitative estimate of drug-likeness (QED) is 0.418. The molecule has 2 aromatic heterocycles. The molecule has 0 spiro atoms. The number of hydrogen-bond donors (Lipinski definition) is 2. The van der Waals surface area contributed by atoms with Crippen LogP contribution in [0.15, 0.2) is 54.9 Å². The predicted octanol–water partition coefficient (Wildman–Crippen LogP) is 3.52. The summed E-state index contributed by atoms with van der Waals surface area (Å²) in [6, 6.07) is 11.4. The van der Waals surface area contributed by atoms with Crippen molar-refractivity contribution in [2.45, 2.75) is 0 Å². The van der Waals surface area contributed by atoms with Crippen LogP contribution in [0.5, 0.6) is 0 Å². The van der Waals surface area contributed by atoms with E-state index in [0.717, 1.165) is 0 Å². The summed E-state index contributed by atoms with van der Waals surface area (Å²) in [5.74, 6) is -0.437. The Labute approximate surface area is 142 Å². The van der Waals surface area contributed by atoms with E-state index in [1.165, 1.54) is 19.2 Å². The van der Waals surface area contributed by atoms with Gasteiger partial charge in [0.1, 0.15) is 0 Å². The second kappa shape index (κ2) is 6.83. The maximum atomic E-state index is 11.5. The second-order valence-corrected chi connectivity index (χ2v) is 5.16. The number of carbonyl (C=O) groups is 1. The monoisotopic (exact) mass is 338 g/mol. The second-order valence-electron chi connectivity index (χ2n) is 5.16. The van der Waals surface area contributed by atoms with Crippen molar-refractivity contribution >= 4 is 23.0 Å². The van der Waals surface area contributed by atoms with Gasteiger partial charge >= 0.3 is 5.97 Å². The van der Waals surface area contributed by atoms with Crippen LogP contribution in [0, 0.1) is 10.1 Å². The molecule has 2 heterocycles. The number of anilines is 2. The Morgan fingerprint density at radius 2 is 2.04 bits per heavy atom. The smallest absolute Gasteiger partial charge is 0.339 e. The largest absolute Gasteiger partial charge is 0.465 e. The number of methoxy groups -OCH3 is 1. The molecule has 2 N–H and O–H groups in total. The van der Waals surface area contributed by atoms with Gasteiger partial charge < -0.3 is 15.0 Å². The lowest BCUT2D eigenvalue weighted by atomic mass is 10.2. The zero-order valence-corrected chi connectivity index (χ0v) is 13.2. The number of nitrogens with one attached hydrogen (secondary N) is 2. The minimum Gasteiger partial charge on any atom is -0.465 e. The van der Waals surface area contributed by atoms with Crippen molar-refractivity contribution in [3.8, 4) is 11.4 Å². The summed E-state index contributed by atoms with van der Waals surface area (Å²) in [4.78, 5) is 29.2. The maximum absolute atomic E-state index is 11.5. The molecule has 0 aliphatic carbocycles. The lowest BCUT2D eigenvalue weighted by Gasteiger charge is -2.07. The van der Waals surface area contributed by atoms with Gasteiger partial charge in [0.25, 0.3) is 5.69 Å². The number of nitro groups is 1. The molecule has 0 saturated heterocycles. The van der Waals surface area contributed by atoms with Crippen LogP contribution in [0.4, 0.5) is 17.1 Å². The molecule has 8 heteroatoms. The van der Waals surface area contributed by atoms with E-state index < -0.39 is 10.9 Å². The van der Waals surface area contributed by atoms with Crippen molar-refractivity contribution in [2.24, 2.45) is 0 Å². The first kappa shape index (κ1) is 16.2. The first-order valence-corrected chi connectivity index (χ1v) is 7.31. The number of hydrogen-bond acceptors (Lipinski definition) is 6. The van der Waals surface area contributed by atoms with E-state index in [9.17, 15) is 14.9 Å². The summed E-state index contributed by atoms with van der Waals surface area (Å²) >= 11 is 0. The first-order chi connectivity index (χ1) is 12.1. The van der Waals surface area contributed by atoms with Gasteiger partial charge in [-0.25, -0.2) is 4.79 Å². The lowest BCUT2D eigenvalue weighted by Crippen LogP contribution is -1.98. The highest BCUT2D eigenvalue weighted by atomic mass is 16.6. The van der Waals surface area contributed by atoms with Crippen molar-refractivity contribution in [1.82, 2.24) is 9.97 Å². The Morgan fingerprint density at radius 3 is 2.80 bits per heavy atom. The standard InChI is InChI=1S/C17H14N4O4/c1-25-17(22)11-7-15(19-10-11)16-9-13(5-6-18-16)20-12-3-2-4-14(8-12)21(23)24/h2-10,19H,1H3,(H,18,20). The molecular formula is C17H14N4O4. The van der Waals surface area contributed by atoms with Crippen molar-refractivity contribution in [3.05, 3.63) is 70.5 Å². The normalized spacial score (nSPS) is 10.3. The van der Waals surface area contributed by atoms with Crippen LogP contribution in [-0.2, 0) is 4.74 Å². The highest BCUT2D eigenvalue weighted by Gasteiger charge is 2.11. The Hall–Kier alpha value is -3.68. The molecule has 0 bridgehead atoms. The summed E-state index contributed by atoms with van der Waals surface area (Å²) in [5, 5.41) is 14.0. The third-order valence-electron chi connectivity index (χ3n) is 3.49. The molecule has 0 aliphatic heterocycles. The maximum Gasteiger partial charge on any atom is 0.339 e. The van der Waals surface area contributed by atoms with Crippen LogP contribution in [0.3, 0.4) is 0 Å². The number of aromatic nitrogens is 2. The minimum absolute atomic E-state index is 0.00590. The van der Waals surface area contributed by atoms with Gasteiger partial charge in [0.2, 0.25) is 0 Å². The Kier molecular flexibility index (Phi) is 4.42. The average Bonchev–Trinajstić information content (AvgIpc) is 3.11. The van der Waals surface area contributed by atoms with Crippen LogP contribution in [-0.4, -0.2) is 28.0 Å². The van der Waals surface area contributed by atoms with Gasteiger partial charge in [0.15, 0.2) is 0 Å². The van der Waals surface area contributed by atoms with Crippen molar-refractivity contribution in [3.63, 3.8) is 0 Å². The van der Waals surface area contributed by atoms with Gasteiger partial charge in [0.05, 0.1) is 29.0 Å². The van der Waals surface area contributed by atoms with Crippen molar-refractivity contribution in [1.29, 1.82) is 0 Å². The SMILES string of the molecule is COC(=O)c1c[nH]c(-c2cc(Nc3cccc([N+](=O)[O-])c3)ccn2)c1. The van der Waals surface area contributed by atoms with E-state index in [1.807, 2.05) is 0 Å². The summed E-state index contributed by atoms with van der Waals surface area (Å²) in [5.41, 5.74) is 2.98. The van der Waals surface area contributed by atoms with Gasteiger partial charge in [-0.2, -0.15) is 0 Å². The van der Waals surface area contributed by atoms with Crippen LogP contribution in [0.25, 0.3) is 11.4 Å². The molecular weight excluding hydrogens is 324 g/mol. The van der Waals surface area contributed by atoms with E-state index in [-0.39, 0.29) is 5.69 Å². The fourth-order valence-electron chi connectivity index (χ4n) is 2.30. The molecule has 1 aromatic carbocycles. The number of benzene rings is 1. The first-order valence-electron chi connectivity index (χ1n) is 7.31. The Balaban J connectivity index is 1.84. The molecule has 0 saturated carbocycles. The summed E-state index contributed by atoms with van der Waals surface area (Å²) in [6.07, 6.45) is 3.15. The Morgan fingerprint density at radius 1 is 1.24 bits per heavy atom. The molecule has 8 nitrogen and oxygen atoms in total. The van der Waals surface area contributed by atoms with Gasteiger partial charge in [0, 0.05) is 35.9 Å². The number of carbonyl (C=O) groups excluding carboxylic acids is 1. The van der Waals surface area contributed by atoms with Gasteiger partial charge in [-0.05, 0) is 24.3 Å². The number of pyridine rings is 1. The molecule has 0 amide bonds. The van der Waals surface area contributed by atoms with Crippen LogP contribution >= 0.6 is 0 Å². The van der Waals surface area contributed by atoms with Crippen LogP contribution < -0.4 is 5.32 Å². The molecule has 3 rings (SSSR count). The highest BCUT2D eigenvalue weighted by Crippen LogP contribution is 2.24. The fraction of sp³-hybridized carbons (Fsp3) is 0.0588. The van der Waals surface area contributed by atoms with E-state index in [1.54, 1.807) is 42.7 Å². The third kappa shape index (κ3) is 3.63. The molecule has 0 aliphatic rings. The molecule has 25 heavy (non-hydrogen) atoms. The average molecular weight is 338 g/mol. The molecule has 3 aromatic rings. The number of rotatable bonds is 5. The van der Waals surface area contributed by atoms with Crippen molar-refractivity contribution < 1.29 is 14.5 Å².